The molecule has 1 aromatic carbocycles. The third kappa shape index (κ3) is 2.65. The number of nitrogen functional groups attached to an aromatic ring is 1. The SMILES string of the molecule is Cc1[nH]nc(NC(=O)Cc2cccc(F)c2)c1N. The first-order chi connectivity index (χ1) is 8.56. The van der Waals surface area contributed by atoms with Crippen molar-refractivity contribution in [1.82, 2.24) is 10.2 Å². The maximum Gasteiger partial charge on any atom is 0.230 e. The lowest BCUT2D eigenvalue weighted by molar-refractivity contribution is -0.115. The maximum atomic E-state index is 12.9. The van der Waals surface area contributed by atoms with E-state index in [4.69, 9.17) is 5.73 Å². The summed E-state index contributed by atoms with van der Waals surface area (Å²) in [4.78, 5) is 11.7. The lowest BCUT2D eigenvalue weighted by Gasteiger charge is -2.03. The number of nitrogens with two attached hydrogens (primary N) is 1. The van der Waals surface area contributed by atoms with E-state index in [1.54, 1.807) is 19.1 Å². The number of aromatic amines is 1. The molecule has 0 spiro atoms. The number of benzene rings is 1. The van der Waals surface area contributed by atoms with E-state index in [0.717, 1.165) is 0 Å². The predicted molar refractivity (Wildman–Crippen MR) is 66.5 cm³/mol. The van der Waals surface area contributed by atoms with Crippen LogP contribution in [0.4, 0.5) is 15.9 Å². The Balaban J connectivity index is 2.03. The van der Waals surface area contributed by atoms with Crippen molar-refractivity contribution >= 4 is 17.4 Å². The summed E-state index contributed by atoms with van der Waals surface area (Å²) in [6, 6.07) is 5.89. The lowest BCUT2D eigenvalue weighted by atomic mass is 10.1. The van der Waals surface area contributed by atoms with Crippen LogP contribution in [0.25, 0.3) is 0 Å². The number of nitrogens with one attached hydrogen (secondary N) is 2. The van der Waals surface area contributed by atoms with Gasteiger partial charge < -0.3 is 11.1 Å². The van der Waals surface area contributed by atoms with Crippen molar-refractivity contribution in [3.8, 4) is 0 Å². The number of aromatic nitrogens is 2. The van der Waals surface area contributed by atoms with Gasteiger partial charge in [0.1, 0.15) is 5.82 Å². The third-order valence-corrected chi connectivity index (χ3v) is 2.51. The molecule has 0 fully saturated rings. The van der Waals surface area contributed by atoms with Crippen LogP contribution in [0.5, 0.6) is 0 Å². The van der Waals surface area contributed by atoms with Gasteiger partial charge in [-0.3, -0.25) is 9.89 Å². The van der Waals surface area contributed by atoms with E-state index in [-0.39, 0.29) is 18.1 Å². The number of carbonyl (C=O) groups excluding carboxylic acids is 1. The molecule has 0 atom stereocenters. The Morgan fingerprint density at radius 3 is 2.94 bits per heavy atom. The minimum absolute atomic E-state index is 0.0725. The van der Waals surface area contributed by atoms with Gasteiger partial charge in [0.2, 0.25) is 5.91 Å². The first kappa shape index (κ1) is 12.1. The fourth-order valence-electron chi connectivity index (χ4n) is 1.54. The Hall–Kier alpha value is -2.37. The topological polar surface area (TPSA) is 83.8 Å². The van der Waals surface area contributed by atoms with Gasteiger partial charge in [-0.2, -0.15) is 5.10 Å². The third-order valence-electron chi connectivity index (χ3n) is 2.51. The van der Waals surface area contributed by atoms with Gasteiger partial charge in [-0.25, -0.2) is 4.39 Å². The van der Waals surface area contributed by atoms with Crippen LogP contribution in [0.3, 0.4) is 0 Å². The van der Waals surface area contributed by atoms with Crippen molar-refractivity contribution in [2.24, 2.45) is 0 Å². The second-order valence-electron chi connectivity index (χ2n) is 3.97. The highest BCUT2D eigenvalue weighted by molar-refractivity contribution is 5.94. The minimum atomic E-state index is -0.365. The molecule has 0 unspecified atom stereocenters. The molecule has 2 rings (SSSR count). The number of halogens is 1. The summed E-state index contributed by atoms with van der Waals surface area (Å²) in [6.45, 7) is 1.75. The van der Waals surface area contributed by atoms with Crippen LogP contribution in [0, 0.1) is 12.7 Å². The van der Waals surface area contributed by atoms with E-state index < -0.39 is 0 Å². The van der Waals surface area contributed by atoms with E-state index in [2.05, 4.69) is 15.5 Å². The smallest absolute Gasteiger partial charge is 0.230 e. The largest absolute Gasteiger partial charge is 0.394 e. The summed E-state index contributed by atoms with van der Waals surface area (Å²) < 4.78 is 12.9. The van der Waals surface area contributed by atoms with Crippen molar-refractivity contribution in [2.75, 3.05) is 11.1 Å². The number of rotatable bonds is 3. The lowest BCUT2D eigenvalue weighted by Crippen LogP contribution is -2.15. The monoisotopic (exact) mass is 248 g/mol. The van der Waals surface area contributed by atoms with Gasteiger partial charge in [-0.1, -0.05) is 12.1 Å². The second kappa shape index (κ2) is 4.87. The van der Waals surface area contributed by atoms with Crippen LogP contribution in [0.1, 0.15) is 11.3 Å². The van der Waals surface area contributed by atoms with E-state index in [1.165, 1.54) is 12.1 Å². The summed E-state index contributed by atoms with van der Waals surface area (Å²) in [5.74, 6) is -0.358. The molecule has 0 aliphatic heterocycles. The highest BCUT2D eigenvalue weighted by atomic mass is 19.1. The van der Waals surface area contributed by atoms with Gasteiger partial charge in [-0.05, 0) is 24.6 Å². The molecule has 0 bridgehead atoms. The highest BCUT2D eigenvalue weighted by Crippen LogP contribution is 2.18. The molecule has 0 aliphatic rings. The molecule has 94 valence electrons. The number of carbonyl (C=O) groups is 1. The van der Waals surface area contributed by atoms with Gasteiger partial charge >= 0.3 is 0 Å². The molecule has 6 heteroatoms. The number of aryl methyl sites for hydroxylation is 1. The molecule has 1 amide bonds. The second-order valence-corrected chi connectivity index (χ2v) is 3.97. The molecule has 0 radical (unpaired) electrons. The quantitative estimate of drug-likeness (QED) is 0.771. The first-order valence-electron chi connectivity index (χ1n) is 5.41. The summed E-state index contributed by atoms with van der Waals surface area (Å²) in [5.41, 5.74) is 7.39. The predicted octanol–water partition coefficient (Wildman–Crippen LogP) is 1.62. The molecular weight excluding hydrogens is 235 g/mol. The van der Waals surface area contributed by atoms with Gasteiger partial charge in [0.25, 0.3) is 0 Å². The van der Waals surface area contributed by atoms with Crippen LogP contribution >= 0.6 is 0 Å². The van der Waals surface area contributed by atoms with E-state index in [1.807, 2.05) is 0 Å². The zero-order chi connectivity index (χ0) is 13.1. The molecule has 2 aromatic rings. The average Bonchev–Trinajstić information content (AvgIpc) is 2.61. The van der Waals surface area contributed by atoms with Gasteiger partial charge in [0.15, 0.2) is 5.82 Å². The van der Waals surface area contributed by atoms with Crippen LogP contribution in [0.2, 0.25) is 0 Å². The zero-order valence-corrected chi connectivity index (χ0v) is 9.83. The van der Waals surface area contributed by atoms with Gasteiger partial charge in [0.05, 0.1) is 17.8 Å². The van der Waals surface area contributed by atoms with Crippen LogP contribution in [-0.2, 0) is 11.2 Å². The van der Waals surface area contributed by atoms with Crippen molar-refractivity contribution < 1.29 is 9.18 Å². The number of anilines is 2. The van der Waals surface area contributed by atoms with E-state index in [0.29, 0.717) is 22.8 Å². The molecule has 1 heterocycles. The van der Waals surface area contributed by atoms with Crippen molar-refractivity contribution in [1.29, 1.82) is 0 Å². The van der Waals surface area contributed by atoms with Crippen molar-refractivity contribution in [2.45, 2.75) is 13.3 Å². The van der Waals surface area contributed by atoms with Crippen LogP contribution in [0.15, 0.2) is 24.3 Å². The number of hydrogen-bond acceptors (Lipinski definition) is 3. The van der Waals surface area contributed by atoms with E-state index >= 15 is 0 Å². The Bertz CT molecular complexity index is 579. The fraction of sp³-hybridized carbons (Fsp3) is 0.167. The van der Waals surface area contributed by atoms with Crippen molar-refractivity contribution in [3.05, 3.63) is 41.3 Å². The molecule has 0 saturated heterocycles. The fourth-order valence-corrected chi connectivity index (χ4v) is 1.54. The minimum Gasteiger partial charge on any atom is -0.394 e. The average molecular weight is 248 g/mol. The zero-order valence-electron chi connectivity index (χ0n) is 9.83. The number of H-pyrrole nitrogens is 1. The Morgan fingerprint density at radius 2 is 2.33 bits per heavy atom. The number of nitrogens with zero attached hydrogens (tertiary/aromatic N) is 1. The molecule has 4 N–H and O–H groups in total. The Morgan fingerprint density at radius 1 is 1.56 bits per heavy atom. The molecule has 1 aromatic heterocycles. The van der Waals surface area contributed by atoms with Crippen LogP contribution < -0.4 is 11.1 Å². The number of hydrogen-bond donors (Lipinski definition) is 3. The Kier molecular flexibility index (Phi) is 3.27. The normalized spacial score (nSPS) is 10.3. The van der Waals surface area contributed by atoms with Crippen molar-refractivity contribution in [3.63, 3.8) is 0 Å². The maximum absolute atomic E-state index is 12.9. The standard InChI is InChI=1S/C12H13FN4O/c1-7-11(14)12(17-16-7)15-10(18)6-8-3-2-4-9(13)5-8/h2-5H,6,14H2,1H3,(H2,15,16,17,18). The van der Waals surface area contributed by atoms with Gasteiger partial charge in [0, 0.05) is 0 Å². The summed E-state index contributed by atoms with van der Waals surface area (Å²) in [6.07, 6.45) is 0.0725. The molecular formula is C12H13FN4O. The molecule has 0 saturated carbocycles. The first-order valence-corrected chi connectivity index (χ1v) is 5.41. The number of amides is 1. The Labute approximate surface area is 103 Å². The van der Waals surface area contributed by atoms with E-state index in [9.17, 15) is 9.18 Å². The van der Waals surface area contributed by atoms with Gasteiger partial charge in [-0.15, -0.1) is 0 Å². The molecule has 5 nitrogen and oxygen atoms in total. The molecule has 0 aliphatic carbocycles. The summed E-state index contributed by atoms with van der Waals surface area (Å²) in [7, 11) is 0. The summed E-state index contributed by atoms with van der Waals surface area (Å²) >= 11 is 0. The highest BCUT2D eigenvalue weighted by Gasteiger charge is 2.10. The molecule has 18 heavy (non-hydrogen) atoms. The summed E-state index contributed by atoms with van der Waals surface area (Å²) in [5, 5.41) is 9.09. The van der Waals surface area contributed by atoms with Crippen LogP contribution in [-0.4, -0.2) is 16.1 Å².